The number of carbonyl (C=O) groups is 2. The summed E-state index contributed by atoms with van der Waals surface area (Å²) in [4.78, 5) is 35.4. The Kier molecular flexibility index (Phi) is 71.8. The first-order valence-electron chi connectivity index (χ1n) is 38.3. The highest BCUT2D eigenvalue weighted by Gasteiger charge is 2.26. The zero-order valence-corrected chi connectivity index (χ0v) is 59.1. The zero-order chi connectivity index (χ0) is 63.7. The summed E-state index contributed by atoms with van der Waals surface area (Å²) in [5.74, 6) is -0.811. The Bertz CT molecular complexity index is 1630. The average molecular weight is 1260 g/mol. The fraction of sp³-hybridized carbons (Fsp3) is 0.846. The van der Waals surface area contributed by atoms with E-state index in [4.69, 9.17) is 24.3 Å². The molecule has 2 atom stereocenters. The van der Waals surface area contributed by atoms with Crippen LogP contribution in [0.25, 0.3) is 0 Å². The highest BCUT2D eigenvalue weighted by Crippen LogP contribution is 2.43. The molecule has 0 bridgehead atoms. The second kappa shape index (κ2) is 73.8. The smallest absolute Gasteiger partial charge is 0.462 e. The molecular weight excluding hydrogens is 1110 g/mol. The first-order valence-corrected chi connectivity index (χ1v) is 39.8. The lowest BCUT2D eigenvalue weighted by atomic mass is 10.0. The van der Waals surface area contributed by atoms with E-state index in [-0.39, 0.29) is 38.6 Å². The Labute approximate surface area is 546 Å². The number of phosphoric ester groups is 1. The van der Waals surface area contributed by atoms with Crippen molar-refractivity contribution < 1.29 is 37.6 Å². The van der Waals surface area contributed by atoms with E-state index >= 15 is 0 Å². The van der Waals surface area contributed by atoms with Crippen molar-refractivity contribution in [3.63, 3.8) is 0 Å². The lowest BCUT2D eigenvalue weighted by Crippen LogP contribution is -2.29. The number of phosphoric acid groups is 1. The van der Waals surface area contributed by atoms with Gasteiger partial charge in [-0.15, -0.1) is 0 Å². The Balaban J connectivity index is 3.77. The van der Waals surface area contributed by atoms with Gasteiger partial charge in [-0.3, -0.25) is 18.6 Å². The molecule has 0 saturated carbocycles. The summed E-state index contributed by atoms with van der Waals surface area (Å²) in [6, 6.07) is 0. The number of esters is 2. The van der Waals surface area contributed by atoms with E-state index in [1.54, 1.807) is 0 Å². The maximum absolute atomic E-state index is 12.8. The van der Waals surface area contributed by atoms with Crippen LogP contribution in [0.5, 0.6) is 0 Å². The maximum atomic E-state index is 12.8. The van der Waals surface area contributed by atoms with E-state index in [9.17, 15) is 19.0 Å². The standard InChI is InChI=1S/C78H146NO8P/c1-3-5-7-9-11-13-15-17-19-21-23-25-27-29-31-33-34-35-36-37-38-39-40-41-43-44-46-48-50-52-54-56-58-60-62-64-66-68-70-77(80)84-74-76(75-86-88(82,83)85-73-72-79)87-78(81)71-69-67-65-63-61-59-57-55-53-51-49-47-45-42-32-30-28-26-24-22-20-18-16-14-12-10-8-6-4-2/h6,8,12,14,18,20,24,26,30,32,76H,3-5,7,9-11,13,15-17,19,21-23,25,27-29,31,33-75,79H2,1-2H3,(H,82,83)/b8-6-,14-12-,20-18-,26-24-,32-30-. The van der Waals surface area contributed by atoms with Gasteiger partial charge >= 0.3 is 19.8 Å². The van der Waals surface area contributed by atoms with Crippen LogP contribution < -0.4 is 5.73 Å². The van der Waals surface area contributed by atoms with Crippen molar-refractivity contribution in [3.8, 4) is 0 Å². The van der Waals surface area contributed by atoms with Gasteiger partial charge in [0.05, 0.1) is 13.2 Å². The molecule has 0 heterocycles. The van der Waals surface area contributed by atoms with E-state index in [1.807, 2.05) is 0 Å². The van der Waals surface area contributed by atoms with Crippen molar-refractivity contribution in [1.29, 1.82) is 0 Å². The molecule has 88 heavy (non-hydrogen) atoms. The predicted molar refractivity (Wildman–Crippen MR) is 381 cm³/mol. The van der Waals surface area contributed by atoms with Gasteiger partial charge in [-0.05, 0) is 57.8 Å². The van der Waals surface area contributed by atoms with Crippen LogP contribution in [-0.2, 0) is 32.7 Å². The molecule has 0 radical (unpaired) electrons. The molecule has 0 aromatic heterocycles. The molecular formula is C78H146NO8P. The minimum absolute atomic E-state index is 0.0536. The third-order valence-corrected chi connectivity index (χ3v) is 18.2. The summed E-state index contributed by atoms with van der Waals surface area (Å²) in [6.07, 6.45) is 96.4. The molecule has 0 aliphatic carbocycles. The average Bonchev–Trinajstić information content (AvgIpc) is 3.60. The molecule has 516 valence electrons. The summed E-state index contributed by atoms with van der Waals surface area (Å²) < 4.78 is 33.2. The normalized spacial score (nSPS) is 13.2. The van der Waals surface area contributed by atoms with Crippen molar-refractivity contribution in [1.82, 2.24) is 0 Å². The first-order chi connectivity index (χ1) is 43.3. The molecule has 9 nitrogen and oxygen atoms in total. The Morgan fingerprint density at radius 2 is 0.625 bits per heavy atom. The van der Waals surface area contributed by atoms with E-state index in [2.05, 4.69) is 74.6 Å². The molecule has 0 aliphatic rings. The number of rotatable bonds is 73. The first kappa shape index (κ1) is 85.7. The quantitative estimate of drug-likeness (QED) is 0.0264. The molecule has 0 spiro atoms. The van der Waals surface area contributed by atoms with Crippen molar-refractivity contribution in [2.45, 2.75) is 399 Å². The molecule has 0 aromatic carbocycles. The Hall–Kier alpha value is -2.29. The second-order valence-corrected chi connectivity index (χ2v) is 27.3. The van der Waals surface area contributed by atoms with Gasteiger partial charge in [0.25, 0.3) is 0 Å². The number of unbranched alkanes of at least 4 members (excludes halogenated alkanes) is 50. The molecule has 10 heteroatoms. The fourth-order valence-electron chi connectivity index (χ4n) is 11.6. The van der Waals surface area contributed by atoms with Gasteiger partial charge in [0.1, 0.15) is 6.61 Å². The molecule has 0 amide bonds. The van der Waals surface area contributed by atoms with Gasteiger partial charge in [0, 0.05) is 19.4 Å². The second-order valence-electron chi connectivity index (χ2n) is 25.9. The lowest BCUT2D eigenvalue weighted by molar-refractivity contribution is -0.161. The van der Waals surface area contributed by atoms with Crippen LogP contribution in [-0.4, -0.2) is 49.3 Å². The maximum Gasteiger partial charge on any atom is 0.472 e. The summed E-state index contributed by atoms with van der Waals surface area (Å²) >= 11 is 0. The molecule has 0 rings (SSSR count). The van der Waals surface area contributed by atoms with Gasteiger partial charge in [-0.25, -0.2) is 4.57 Å². The van der Waals surface area contributed by atoms with Gasteiger partial charge in [-0.2, -0.15) is 0 Å². The molecule has 0 fully saturated rings. The highest BCUT2D eigenvalue weighted by molar-refractivity contribution is 7.47. The van der Waals surface area contributed by atoms with Gasteiger partial charge in [0.2, 0.25) is 0 Å². The summed E-state index contributed by atoms with van der Waals surface area (Å²) in [6.45, 7) is 3.70. The van der Waals surface area contributed by atoms with E-state index in [0.29, 0.717) is 6.42 Å². The lowest BCUT2D eigenvalue weighted by Gasteiger charge is -2.19. The third-order valence-electron chi connectivity index (χ3n) is 17.2. The van der Waals surface area contributed by atoms with E-state index in [0.717, 1.165) is 70.6 Å². The zero-order valence-electron chi connectivity index (χ0n) is 58.2. The van der Waals surface area contributed by atoms with Crippen LogP contribution in [0.3, 0.4) is 0 Å². The Morgan fingerprint density at radius 3 is 0.932 bits per heavy atom. The number of allylic oxidation sites excluding steroid dienone is 10. The summed E-state index contributed by atoms with van der Waals surface area (Å²) in [5, 5.41) is 0. The molecule has 0 aromatic rings. The van der Waals surface area contributed by atoms with E-state index in [1.165, 1.54) is 289 Å². The van der Waals surface area contributed by atoms with Crippen LogP contribution in [0.15, 0.2) is 60.8 Å². The van der Waals surface area contributed by atoms with E-state index < -0.39 is 26.5 Å². The monoisotopic (exact) mass is 1260 g/mol. The summed E-state index contributed by atoms with van der Waals surface area (Å²) in [5.41, 5.74) is 5.41. The number of carbonyl (C=O) groups excluding carboxylic acids is 2. The summed E-state index contributed by atoms with van der Waals surface area (Å²) in [7, 11) is -4.40. The van der Waals surface area contributed by atoms with Crippen molar-refractivity contribution in [3.05, 3.63) is 60.8 Å². The van der Waals surface area contributed by atoms with Crippen LogP contribution in [0, 0.1) is 0 Å². The van der Waals surface area contributed by atoms with Gasteiger partial charge < -0.3 is 20.1 Å². The largest absolute Gasteiger partial charge is 0.472 e. The fourth-order valence-corrected chi connectivity index (χ4v) is 12.3. The molecule has 3 N–H and O–H groups in total. The van der Waals surface area contributed by atoms with Crippen molar-refractivity contribution >= 4 is 19.8 Å². The van der Waals surface area contributed by atoms with Gasteiger partial charge in [0.15, 0.2) is 6.10 Å². The number of hydrogen-bond donors (Lipinski definition) is 2. The predicted octanol–water partition coefficient (Wildman–Crippen LogP) is 25.4. The highest BCUT2D eigenvalue weighted by atomic mass is 31.2. The van der Waals surface area contributed by atoms with Crippen LogP contribution in [0.2, 0.25) is 0 Å². The van der Waals surface area contributed by atoms with Crippen LogP contribution in [0.1, 0.15) is 393 Å². The number of nitrogens with two attached hydrogens (primary N) is 1. The van der Waals surface area contributed by atoms with Crippen LogP contribution >= 0.6 is 7.82 Å². The molecule has 0 aliphatic heterocycles. The third kappa shape index (κ3) is 72.8. The molecule has 2 unspecified atom stereocenters. The number of ether oxygens (including phenoxy) is 2. The SMILES string of the molecule is CC/C=C\C/C=C\C/C=C\C/C=C\C/C=C\CCCCCCCCCCCCCCCC(=O)OC(COC(=O)CCCCCCCCCCCCCCCCCCCCCCCCCCCCCCCCCCCCCCCC)COP(=O)(O)OCCN. The van der Waals surface area contributed by atoms with Crippen LogP contribution in [0.4, 0.5) is 0 Å². The molecule has 0 saturated heterocycles. The van der Waals surface area contributed by atoms with Gasteiger partial charge in [-0.1, -0.05) is 383 Å². The minimum Gasteiger partial charge on any atom is -0.462 e. The minimum atomic E-state index is -4.40. The Morgan fingerprint density at radius 1 is 0.352 bits per heavy atom. The topological polar surface area (TPSA) is 134 Å². The van der Waals surface area contributed by atoms with Crippen molar-refractivity contribution in [2.24, 2.45) is 5.73 Å². The number of hydrogen-bond acceptors (Lipinski definition) is 8. The van der Waals surface area contributed by atoms with Crippen molar-refractivity contribution in [2.75, 3.05) is 26.4 Å².